The lowest BCUT2D eigenvalue weighted by Crippen LogP contribution is -2.05. The molecule has 0 saturated heterocycles. The average molecular weight is 301 g/mol. The molecule has 17 heavy (non-hydrogen) atoms. The van der Waals surface area contributed by atoms with E-state index in [9.17, 15) is 13.6 Å². The molecule has 2 aromatic rings. The predicted octanol–water partition coefficient (Wildman–Crippen LogP) is 3.75. The molecule has 0 spiro atoms. The van der Waals surface area contributed by atoms with Gasteiger partial charge in [-0.3, -0.25) is 4.79 Å². The molecule has 2 nitrogen and oxygen atoms in total. The van der Waals surface area contributed by atoms with Crippen LogP contribution in [-0.4, -0.2) is 5.78 Å². The zero-order valence-electron chi connectivity index (χ0n) is 8.54. The Bertz CT molecular complexity index is 563. The van der Waals surface area contributed by atoms with E-state index in [1.54, 1.807) is 6.07 Å². The molecular formula is C12H7BrF2O2. The van der Waals surface area contributed by atoms with Crippen molar-refractivity contribution in [1.29, 1.82) is 0 Å². The Hall–Kier alpha value is -1.49. The van der Waals surface area contributed by atoms with Crippen molar-refractivity contribution in [2.45, 2.75) is 6.42 Å². The number of carbonyl (C=O) groups is 1. The van der Waals surface area contributed by atoms with Gasteiger partial charge < -0.3 is 4.42 Å². The van der Waals surface area contributed by atoms with Crippen molar-refractivity contribution >= 4 is 21.7 Å². The molecule has 5 heteroatoms. The highest BCUT2D eigenvalue weighted by Gasteiger charge is 2.17. The van der Waals surface area contributed by atoms with E-state index < -0.39 is 17.4 Å². The summed E-state index contributed by atoms with van der Waals surface area (Å²) in [6.07, 6.45) is 1.11. The molecule has 0 fully saturated rings. The van der Waals surface area contributed by atoms with Crippen LogP contribution in [0.1, 0.15) is 16.1 Å². The minimum Gasteiger partial charge on any atom is -0.460 e. The van der Waals surface area contributed by atoms with E-state index in [0.29, 0.717) is 4.47 Å². The molecule has 0 aliphatic carbocycles. The summed E-state index contributed by atoms with van der Waals surface area (Å²) >= 11 is 3.13. The number of hydrogen-bond acceptors (Lipinski definition) is 2. The van der Waals surface area contributed by atoms with Crippen LogP contribution in [0, 0.1) is 11.6 Å². The Morgan fingerprint density at radius 3 is 2.71 bits per heavy atom. The maximum Gasteiger partial charge on any atom is 0.203 e. The summed E-state index contributed by atoms with van der Waals surface area (Å²) in [7, 11) is 0. The standard InChI is InChI=1S/C12H7BrF2O2/c13-8-4-5-17-12(8)10(16)6-7-2-1-3-9(14)11(7)15/h1-5H,6H2. The lowest BCUT2D eigenvalue weighted by molar-refractivity contribution is 0.0964. The van der Waals surface area contributed by atoms with Gasteiger partial charge in [0.05, 0.1) is 10.7 Å². The number of ketones is 1. The molecule has 88 valence electrons. The van der Waals surface area contributed by atoms with Crippen LogP contribution in [0.4, 0.5) is 8.78 Å². The third-order valence-electron chi connectivity index (χ3n) is 2.25. The summed E-state index contributed by atoms with van der Waals surface area (Å²) in [5.41, 5.74) is 0.0123. The Labute approximate surface area is 104 Å². The molecule has 1 heterocycles. The summed E-state index contributed by atoms with van der Waals surface area (Å²) in [6, 6.07) is 5.30. The monoisotopic (exact) mass is 300 g/mol. The summed E-state index contributed by atoms with van der Waals surface area (Å²) in [5.74, 6) is -2.27. The van der Waals surface area contributed by atoms with Gasteiger partial charge in [0.2, 0.25) is 5.78 Å². The number of Topliss-reactive ketones (excluding diaryl/α,β-unsaturated/α-hetero) is 1. The molecule has 1 aromatic carbocycles. The highest BCUT2D eigenvalue weighted by atomic mass is 79.9. The normalized spacial score (nSPS) is 10.5. The van der Waals surface area contributed by atoms with Crippen LogP contribution >= 0.6 is 15.9 Å². The van der Waals surface area contributed by atoms with E-state index in [1.165, 1.54) is 18.4 Å². The lowest BCUT2D eigenvalue weighted by atomic mass is 10.1. The second kappa shape index (κ2) is 4.79. The molecule has 0 bridgehead atoms. The number of hydrogen-bond donors (Lipinski definition) is 0. The number of rotatable bonds is 3. The second-order valence-electron chi connectivity index (χ2n) is 3.41. The lowest BCUT2D eigenvalue weighted by Gasteiger charge is -2.02. The van der Waals surface area contributed by atoms with Crippen molar-refractivity contribution in [2.75, 3.05) is 0 Å². The van der Waals surface area contributed by atoms with E-state index >= 15 is 0 Å². The minimum atomic E-state index is -0.997. The van der Waals surface area contributed by atoms with Crippen LogP contribution in [0.2, 0.25) is 0 Å². The van der Waals surface area contributed by atoms with Crippen LogP contribution in [0.3, 0.4) is 0 Å². The quantitative estimate of drug-likeness (QED) is 0.808. The zero-order chi connectivity index (χ0) is 12.4. The fourth-order valence-corrected chi connectivity index (χ4v) is 1.85. The highest BCUT2D eigenvalue weighted by Crippen LogP contribution is 2.21. The summed E-state index contributed by atoms with van der Waals surface area (Å²) in [6.45, 7) is 0. The summed E-state index contributed by atoms with van der Waals surface area (Å²) < 4.78 is 31.7. The molecule has 2 rings (SSSR count). The smallest absolute Gasteiger partial charge is 0.203 e. The van der Waals surface area contributed by atoms with Gasteiger partial charge in [-0.05, 0) is 33.6 Å². The summed E-state index contributed by atoms with van der Waals surface area (Å²) in [4.78, 5) is 11.7. The van der Waals surface area contributed by atoms with Crippen molar-refractivity contribution in [1.82, 2.24) is 0 Å². The molecule has 0 aliphatic rings. The number of halogens is 3. The van der Waals surface area contributed by atoms with E-state index in [1.807, 2.05) is 0 Å². The fraction of sp³-hybridized carbons (Fsp3) is 0.0833. The van der Waals surface area contributed by atoms with Crippen molar-refractivity contribution in [2.24, 2.45) is 0 Å². The van der Waals surface area contributed by atoms with Gasteiger partial charge >= 0.3 is 0 Å². The fourth-order valence-electron chi connectivity index (χ4n) is 1.43. The third-order valence-corrected chi connectivity index (χ3v) is 2.88. The molecule has 1 aromatic heterocycles. The maximum atomic E-state index is 13.3. The van der Waals surface area contributed by atoms with Gasteiger partial charge in [0, 0.05) is 6.42 Å². The van der Waals surface area contributed by atoms with Gasteiger partial charge in [-0.1, -0.05) is 12.1 Å². The third kappa shape index (κ3) is 2.44. The maximum absolute atomic E-state index is 13.3. The number of carbonyl (C=O) groups excluding carboxylic acids is 1. The molecule has 0 unspecified atom stereocenters. The van der Waals surface area contributed by atoms with Crippen LogP contribution in [0.15, 0.2) is 39.4 Å². The van der Waals surface area contributed by atoms with E-state index in [0.717, 1.165) is 6.07 Å². The Kier molecular flexibility index (Phi) is 3.38. The first kappa shape index (κ1) is 12.0. The van der Waals surface area contributed by atoms with Crippen LogP contribution in [0.25, 0.3) is 0 Å². The van der Waals surface area contributed by atoms with Gasteiger partial charge in [-0.25, -0.2) is 8.78 Å². The van der Waals surface area contributed by atoms with E-state index in [2.05, 4.69) is 15.9 Å². The Morgan fingerprint density at radius 1 is 1.29 bits per heavy atom. The predicted molar refractivity (Wildman–Crippen MR) is 60.8 cm³/mol. The molecule has 0 atom stereocenters. The van der Waals surface area contributed by atoms with Crippen molar-refractivity contribution in [3.05, 3.63) is 58.0 Å². The average Bonchev–Trinajstić information content (AvgIpc) is 2.71. The van der Waals surface area contributed by atoms with Crippen molar-refractivity contribution in [3.63, 3.8) is 0 Å². The molecule has 0 N–H and O–H groups in total. The van der Waals surface area contributed by atoms with Crippen molar-refractivity contribution in [3.8, 4) is 0 Å². The van der Waals surface area contributed by atoms with Crippen molar-refractivity contribution < 1.29 is 18.0 Å². The molecular weight excluding hydrogens is 294 g/mol. The number of benzene rings is 1. The van der Waals surface area contributed by atoms with Gasteiger partial charge in [0.1, 0.15) is 0 Å². The largest absolute Gasteiger partial charge is 0.460 e. The topological polar surface area (TPSA) is 30.2 Å². The second-order valence-corrected chi connectivity index (χ2v) is 4.26. The molecule has 0 aliphatic heterocycles. The van der Waals surface area contributed by atoms with Gasteiger partial charge in [0.15, 0.2) is 17.4 Å². The highest BCUT2D eigenvalue weighted by molar-refractivity contribution is 9.10. The molecule has 0 amide bonds. The summed E-state index contributed by atoms with van der Waals surface area (Å²) in [5, 5.41) is 0. The van der Waals surface area contributed by atoms with E-state index in [4.69, 9.17) is 4.42 Å². The van der Waals surface area contributed by atoms with Crippen LogP contribution < -0.4 is 0 Å². The first-order valence-corrected chi connectivity index (χ1v) is 5.58. The first-order chi connectivity index (χ1) is 8.09. The van der Waals surface area contributed by atoms with Gasteiger partial charge in [-0.15, -0.1) is 0 Å². The van der Waals surface area contributed by atoms with E-state index in [-0.39, 0.29) is 17.7 Å². The SMILES string of the molecule is O=C(Cc1cccc(F)c1F)c1occc1Br. The Balaban J connectivity index is 2.25. The van der Waals surface area contributed by atoms with Gasteiger partial charge in [0.25, 0.3) is 0 Å². The number of furan rings is 1. The van der Waals surface area contributed by atoms with Crippen LogP contribution in [0.5, 0.6) is 0 Å². The molecule has 0 saturated carbocycles. The first-order valence-electron chi connectivity index (χ1n) is 4.78. The van der Waals surface area contributed by atoms with Crippen LogP contribution in [-0.2, 0) is 6.42 Å². The minimum absolute atomic E-state index is 0.0123. The zero-order valence-corrected chi connectivity index (χ0v) is 10.1. The Morgan fingerprint density at radius 2 is 2.06 bits per heavy atom. The molecule has 0 radical (unpaired) electrons. The van der Waals surface area contributed by atoms with Gasteiger partial charge in [-0.2, -0.15) is 0 Å².